The molecule has 1 aliphatic heterocycles. The number of hydrogen-bond acceptors (Lipinski definition) is 5. The van der Waals surface area contributed by atoms with Crippen LogP contribution in [0.15, 0.2) is 0 Å². The van der Waals surface area contributed by atoms with Crippen molar-refractivity contribution in [3.8, 4) is 0 Å². The predicted molar refractivity (Wildman–Crippen MR) is 61.6 cm³/mol. The molecule has 1 N–H and O–H groups in total. The molecule has 0 spiro atoms. The lowest BCUT2D eigenvalue weighted by atomic mass is 10.2. The minimum Gasteiger partial charge on any atom is -0.469 e. The van der Waals surface area contributed by atoms with Gasteiger partial charge in [0.15, 0.2) is 0 Å². The number of likely N-dealkylation sites (N-methyl/N-ethyl adjacent to an activating group) is 1. The van der Waals surface area contributed by atoms with E-state index in [9.17, 15) is 14.4 Å². The number of esters is 1. The second-order valence-corrected chi connectivity index (χ2v) is 4.09. The molecule has 7 heteroatoms. The van der Waals surface area contributed by atoms with E-state index in [2.05, 4.69) is 10.1 Å². The Labute approximate surface area is 105 Å². The zero-order chi connectivity index (χ0) is 13.5. The van der Waals surface area contributed by atoms with E-state index < -0.39 is 5.97 Å². The van der Waals surface area contributed by atoms with Crippen LogP contribution >= 0.6 is 0 Å². The van der Waals surface area contributed by atoms with Crippen molar-refractivity contribution >= 4 is 17.8 Å². The van der Waals surface area contributed by atoms with Crippen molar-refractivity contribution < 1.29 is 23.9 Å². The predicted octanol–water partition coefficient (Wildman–Crippen LogP) is -1.09. The highest BCUT2D eigenvalue weighted by molar-refractivity contribution is 5.81. The Kier molecular flexibility index (Phi) is 5.57. The molecule has 0 bridgehead atoms. The Bertz CT molecular complexity index is 331. The molecule has 1 fully saturated rings. The van der Waals surface area contributed by atoms with Crippen LogP contribution in [0, 0.1) is 0 Å². The summed E-state index contributed by atoms with van der Waals surface area (Å²) in [5, 5.41) is 2.66. The Hall–Kier alpha value is -1.63. The molecule has 1 aliphatic rings. The molecule has 0 aromatic carbocycles. The van der Waals surface area contributed by atoms with Crippen LogP contribution in [0.5, 0.6) is 0 Å². The molecular weight excluding hydrogens is 240 g/mol. The molecule has 7 nitrogen and oxygen atoms in total. The highest BCUT2D eigenvalue weighted by Gasteiger charge is 2.23. The van der Waals surface area contributed by atoms with Gasteiger partial charge in [-0.25, -0.2) is 0 Å². The summed E-state index contributed by atoms with van der Waals surface area (Å²) in [6.07, 6.45) is -0.0461. The monoisotopic (exact) mass is 258 g/mol. The van der Waals surface area contributed by atoms with Crippen molar-refractivity contribution in [1.29, 1.82) is 0 Å². The number of rotatable bonds is 5. The van der Waals surface area contributed by atoms with Gasteiger partial charge in [0, 0.05) is 26.6 Å². The van der Waals surface area contributed by atoms with Crippen molar-refractivity contribution in [2.45, 2.75) is 18.9 Å². The summed E-state index contributed by atoms with van der Waals surface area (Å²) in [6.45, 7) is 0.826. The van der Waals surface area contributed by atoms with Crippen molar-refractivity contribution in [3.63, 3.8) is 0 Å². The van der Waals surface area contributed by atoms with Gasteiger partial charge < -0.3 is 19.7 Å². The number of carbonyl (C=O) groups is 3. The first-order chi connectivity index (χ1) is 8.52. The van der Waals surface area contributed by atoms with Crippen LogP contribution in [0.25, 0.3) is 0 Å². The van der Waals surface area contributed by atoms with Gasteiger partial charge in [0.25, 0.3) is 0 Å². The number of carbonyl (C=O) groups excluding carboxylic acids is 3. The van der Waals surface area contributed by atoms with E-state index in [0.29, 0.717) is 13.1 Å². The Morgan fingerprint density at radius 2 is 2.22 bits per heavy atom. The third-order valence-corrected chi connectivity index (χ3v) is 2.66. The maximum absolute atomic E-state index is 11.4. The van der Waals surface area contributed by atoms with Gasteiger partial charge in [-0.3, -0.25) is 14.4 Å². The normalized spacial score (nSPS) is 19.6. The fourth-order valence-electron chi connectivity index (χ4n) is 1.52. The van der Waals surface area contributed by atoms with Crippen LogP contribution in [0.4, 0.5) is 0 Å². The van der Waals surface area contributed by atoms with Crippen molar-refractivity contribution in [1.82, 2.24) is 10.2 Å². The quantitative estimate of drug-likeness (QED) is 0.634. The standard InChI is InChI=1S/C11H18N2O5/c1-13-6-8(18-7-10(13)15)5-12-9(14)3-4-11(16)17-2/h8H,3-7H2,1-2H3,(H,12,14). The third kappa shape index (κ3) is 4.70. The number of morpholine rings is 1. The number of hydrogen-bond donors (Lipinski definition) is 1. The summed E-state index contributed by atoms with van der Waals surface area (Å²) in [5.41, 5.74) is 0. The first kappa shape index (κ1) is 14.4. The van der Waals surface area contributed by atoms with E-state index in [1.54, 1.807) is 11.9 Å². The average Bonchev–Trinajstić information content (AvgIpc) is 2.37. The minimum absolute atomic E-state index is 0.0409. The molecule has 1 saturated heterocycles. The molecule has 2 amide bonds. The number of methoxy groups -OCH3 is 1. The Morgan fingerprint density at radius 3 is 2.83 bits per heavy atom. The molecule has 0 aromatic rings. The van der Waals surface area contributed by atoms with Gasteiger partial charge in [-0.2, -0.15) is 0 Å². The maximum Gasteiger partial charge on any atom is 0.306 e. The van der Waals surface area contributed by atoms with E-state index in [4.69, 9.17) is 4.74 Å². The fraction of sp³-hybridized carbons (Fsp3) is 0.727. The van der Waals surface area contributed by atoms with Crippen LogP contribution < -0.4 is 5.32 Å². The third-order valence-electron chi connectivity index (χ3n) is 2.66. The summed E-state index contributed by atoms with van der Waals surface area (Å²) >= 11 is 0. The van der Waals surface area contributed by atoms with Crippen LogP contribution in [0.1, 0.15) is 12.8 Å². The zero-order valence-electron chi connectivity index (χ0n) is 10.6. The SMILES string of the molecule is COC(=O)CCC(=O)NCC1CN(C)C(=O)CO1. The number of amides is 2. The van der Waals surface area contributed by atoms with E-state index in [-0.39, 0.29) is 37.4 Å². The second-order valence-electron chi connectivity index (χ2n) is 4.09. The lowest BCUT2D eigenvalue weighted by molar-refractivity contribution is -0.147. The highest BCUT2D eigenvalue weighted by Crippen LogP contribution is 2.03. The molecule has 1 unspecified atom stereocenters. The molecule has 1 rings (SSSR count). The maximum atomic E-state index is 11.4. The van der Waals surface area contributed by atoms with Crippen LogP contribution in [0.2, 0.25) is 0 Å². The lowest BCUT2D eigenvalue weighted by Gasteiger charge is -2.29. The molecule has 1 heterocycles. The first-order valence-electron chi connectivity index (χ1n) is 5.72. The molecule has 1 atom stereocenters. The van der Waals surface area contributed by atoms with Gasteiger partial charge in [0.2, 0.25) is 11.8 Å². The van der Waals surface area contributed by atoms with Gasteiger partial charge in [0.05, 0.1) is 19.6 Å². The number of nitrogens with one attached hydrogen (secondary N) is 1. The van der Waals surface area contributed by atoms with Gasteiger partial charge in [-0.1, -0.05) is 0 Å². The number of nitrogens with zero attached hydrogens (tertiary/aromatic N) is 1. The van der Waals surface area contributed by atoms with Crippen molar-refractivity contribution in [3.05, 3.63) is 0 Å². The zero-order valence-corrected chi connectivity index (χ0v) is 10.6. The molecule has 102 valence electrons. The van der Waals surface area contributed by atoms with E-state index in [0.717, 1.165) is 0 Å². The number of ether oxygens (including phenoxy) is 2. The average molecular weight is 258 g/mol. The summed E-state index contributed by atoms with van der Waals surface area (Å²) in [6, 6.07) is 0. The summed E-state index contributed by atoms with van der Waals surface area (Å²) in [4.78, 5) is 34.9. The summed E-state index contributed by atoms with van der Waals surface area (Å²) in [5.74, 6) is -0.712. The van der Waals surface area contributed by atoms with Gasteiger partial charge >= 0.3 is 5.97 Å². The van der Waals surface area contributed by atoms with Gasteiger partial charge in [-0.15, -0.1) is 0 Å². The molecule has 0 aliphatic carbocycles. The molecule has 0 saturated carbocycles. The van der Waals surface area contributed by atoms with Gasteiger partial charge in [0.1, 0.15) is 6.61 Å². The van der Waals surface area contributed by atoms with Crippen LogP contribution in [-0.2, 0) is 23.9 Å². The second kappa shape index (κ2) is 6.95. The lowest BCUT2D eigenvalue weighted by Crippen LogP contribution is -2.48. The Morgan fingerprint density at radius 1 is 1.50 bits per heavy atom. The van der Waals surface area contributed by atoms with E-state index in [1.165, 1.54) is 7.11 Å². The van der Waals surface area contributed by atoms with E-state index in [1.807, 2.05) is 0 Å². The largest absolute Gasteiger partial charge is 0.469 e. The molecule has 18 heavy (non-hydrogen) atoms. The minimum atomic E-state index is -0.413. The Balaban J connectivity index is 2.18. The summed E-state index contributed by atoms with van der Waals surface area (Å²) < 4.78 is 9.69. The van der Waals surface area contributed by atoms with Gasteiger partial charge in [-0.05, 0) is 0 Å². The van der Waals surface area contributed by atoms with Crippen molar-refractivity contribution in [2.75, 3.05) is 33.9 Å². The van der Waals surface area contributed by atoms with Crippen LogP contribution in [-0.4, -0.2) is 62.6 Å². The molecular formula is C11H18N2O5. The summed E-state index contributed by atoms with van der Waals surface area (Å²) in [7, 11) is 2.97. The smallest absolute Gasteiger partial charge is 0.306 e. The molecule has 0 aromatic heterocycles. The van der Waals surface area contributed by atoms with Crippen molar-refractivity contribution in [2.24, 2.45) is 0 Å². The highest BCUT2D eigenvalue weighted by atomic mass is 16.5. The molecule has 0 radical (unpaired) electrons. The van der Waals surface area contributed by atoms with E-state index >= 15 is 0 Å². The topological polar surface area (TPSA) is 84.9 Å². The fourth-order valence-corrected chi connectivity index (χ4v) is 1.52. The first-order valence-corrected chi connectivity index (χ1v) is 5.72. The van der Waals surface area contributed by atoms with Crippen LogP contribution in [0.3, 0.4) is 0 Å².